The molecule has 0 aromatic rings. The first-order valence-corrected chi connectivity index (χ1v) is 5.58. The Hall–Kier alpha value is -0.160. The number of likely N-dealkylation sites (N-methyl/N-ethyl adjacent to an activating group) is 1. The summed E-state index contributed by atoms with van der Waals surface area (Å²) in [5.74, 6) is 0. The van der Waals surface area contributed by atoms with Crippen molar-refractivity contribution in [1.29, 1.82) is 0 Å². The molecule has 0 bridgehead atoms. The summed E-state index contributed by atoms with van der Waals surface area (Å²) in [4.78, 5) is 4.90. The highest BCUT2D eigenvalue weighted by Crippen LogP contribution is 2.03. The van der Waals surface area contributed by atoms with Crippen molar-refractivity contribution < 1.29 is 4.74 Å². The molecular formula is C10H21N3O. The van der Waals surface area contributed by atoms with Crippen LogP contribution in [0.4, 0.5) is 0 Å². The Morgan fingerprint density at radius 1 is 1.29 bits per heavy atom. The lowest BCUT2D eigenvalue weighted by Gasteiger charge is -2.35. The quantitative estimate of drug-likeness (QED) is 0.631. The molecule has 1 N–H and O–H groups in total. The maximum Gasteiger partial charge on any atom is 0.0826 e. The van der Waals surface area contributed by atoms with Crippen LogP contribution in [0.5, 0.6) is 0 Å². The van der Waals surface area contributed by atoms with Crippen molar-refractivity contribution in [3.63, 3.8) is 0 Å². The number of ether oxygens (including phenoxy) is 1. The van der Waals surface area contributed by atoms with Crippen LogP contribution in [0.2, 0.25) is 0 Å². The monoisotopic (exact) mass is 199 g/mol. The van der Waals surface area contributed by atoms with Crippen LogP contribution in [0.25, 0.3) is 0 Å². The Bertz CT molecular complexity index is 163. The maximum absolute atomic E-state index is 5.69. The van der Waals surface area contributed by atoms with Gasteiger partial charge in [0, 0.05) is 45.8 Å². The van der Waals surface area contributed by atoms with E-state index in [9.17, 15) is 0 Å². The number of nitrogens with one attached hydrogen (secondary N) is 1. The molecule has 4 heteroatoms. The van der Waals surface area contributed by atoms with E-state index in [-0.39, 0.29) is 0 Å². The fourth-order valence-corrected chi connectivity index (χ4v) is 2.06. The highest BCUT2D eigenvalue weighted by atomic mass is 16.5. The summed E-state index contributed by atoms with van der Waals surface area (Å²) in [6.07, 6.45) is 0.409. The maximum atomic E-state index is 5.69. The van der Waals surface area contributed by atoms with Gasteiger partial charge < -0.3 is 15.0 Å². The van der Waals surface area contributed by atoms with Gasteiger partial charge in [0.25, 0.3) is 0 Å². The Morgan fingerprint density at radius 2 is 2.07 bits per heavy atom. The Kier molecular flexibility index (Phi) is 3.75. The van der Waals surface area contributed by atoms with Gasteiger partial charge in [-0.05, 0) is 7.05 Å². The van der Waals surface area contributed by atoms with Gasteiger partial charge in [-0.15, -0.1) is 0 Å². The van der Waals surface area contributed by atoms with Crippen LogP contribution in [-0.2, 0) is 4.74 Å². The molecule has 2 saturated heterocycles. The molecule has 2 rings (SSSR count). The fraction of sp³-hybridized carbons (Fsp3) is 1.00. The van der Waals surface area contributed by atoms with Crippen molar-refractivity contribution in [2.75, 3.05) is 59.5 Å². The molecule has 0 spiro atoms. The van der Waals surface area contributed by atoms with Gasteiger partial charge in [-0.25, -0.2) is 0 Å². The summed E-state index contributed by atoms with van der Waals surface area (Å²) in [5.41, 5.74) is 0. The molecule has 0 radical (unpaired) electrons. The Labute approximate surface area is 86.2 Å². The predicted molar refractivity (Wildman–Crippen MR) is 56.5 cm³/mol. The first-order valence-electron chi connectivity index (χ1n) is 5.58. The van der Waals surface area contributed by atoms with Crippen molar-refractivity contribution in [2.45, 2.75) is 6.10 Å². The highest BCUT2D eigenvalue weighted by molar-refractivity contribution is 4.75. The van der Waals surface area contributed by atoms with E-state index >= 15 is 0 Å². The normalized spacial score (nSPS) is 31.9. The molecule has 2 aliphatic rings. The lowest BCUT2D eigenvalue weighted by molar-refractivity contribution is -0.00229. The molecular weight excluding hydrogens is 178 g/mol. The van der Waals surface area contributed by atoms with Crippen LogP contribution >= 0.6 is 0 Å². The van der Waals surface area contributed by atoms with Crippen molar-refractivity contribution >= 4 is 0 Å². The number of piperazine rings is 1. The van der Waals surface area contributed by atoms with Crippen LogP contribution in [0.1, 0.15) is 0 Å². The largest absolute Gasteiger partial charge is 0.374 e. The molecule has 2 fully saturated rings. The van der Waals surface area contributed by atoms with E-state index < -0.39 is 0 Å². The van der Waals surface area contributed by atoms with Crippen LogP contribution in [-0.4, -0.2) is 75.4 Å². The van der Waals surface area contributed by atoms with E-state index in [1.54, 1.807) is 0 Å². The van der Waals surface area contributed by atoms with Gasteiger partial charge >= 0.3 is 0 Å². The van der Waals surface area contributed by atoms with Crippen LogP contribution < -0.4 is 5.32 Å². The molecule has 0 amide bonds. The van der Waals surface area contributed by atoms with Crippen LogP contribution in [0.15, 0.2) is 0 Å². The van der Waals surface area contributed by atoms with Gasteiger partial charge in [-0.1, -0.05) is 0 Å². The summed E-state index contributed by atoms with van der Waals surface area (Å²) >= 11 is 0. The third-order valence-corrected chi connectivity index (χ3v) is 3.06. The van der Waals surface area contributed by atoms with E-state index in [1.165, 1.54) is 26.2 Å². The summed E-state index contributed by atoms with van der Waals surface area (Å²) < 4.78 is 5.69. The number of hydrogen-bond acceptors (Lipinski definition) is 4. The third-order valence-electron chi connectivity index (χ3n) is 3.06. The second kappa shape index (κ2) is 5.07. The molecule has 0 aromatic carbocycles. The summed E-state index contributed by atoms with van der Waals surface area (Å²) in [6, 6.07) is 0. The van der Waals surface area contributed by atoms with E-state index in [4.69, 9.17) is 4.74 Å². The minimum Gasteiger partial charge on any atom is -0.374 e. The fourth-order valence-electron chi connectivity index (χ4n) is 2.06. The molecule has 82 valence electrons. The second-order valence-electron chi connectivity index (χ2n) is 4.30. The van der Waals surface area contributed by atoms with E-state index in [0.29, 0.717) is 6.10 Å². The Balaban J connectivity index is 1.68. The van der Waals surface area contributed by atoms with Gasteiger partial charge in [0.2, 0.25) is 0 Å². The number of morpholine rings is 1. The first-order chi connectivity index (χ1) is 6.84. The van der Waals surface area contributed by atoms with E-state index in [0.717, 1.165) is 26.2 Å². The molecule has 2 heterocycles. The number of hydrogen-bond donors (Lipinski definition) is 1. The van der Waals surface area contributed by atoms with Gasteiger partial charge in [0.15, 0.2) is 0 Å². The Morgan fingerprint density at radius 3 is 2.71 bits per heavy atom. The summed E-state index contributed by atoms with van der Waals surface area (Å²) in [6.45, 7) is 8.78. The molecule has 14 heavy (non-hydrogen) atoms. The third kappa shape index (κ3) is 2.92. The minimum atomic E-state index is 0.409. The predicted octanol–water partition coefficient (Wildman–Crippen LogP) is -0.778. The topological polar surface area (TPSA) is 27.7 Å². The van der Waals surface area contributed by atoms with Crippen LogP contribution in [0.3, 0.4) is 0 Å². The standard InChI is InChI=1S/C10H21N3O/c1-12-3-5-13(6-4-12)9-10-8-11-2-7-14-10/h10-11H,2-9H2,1H3. The van der Waals surface area contributed by atoms with Gasteiger partial charge in [-0.3, -0.25) is 4.90 Å². The zero-order valence-electron chi connectivity index (χ0n) is 9.04. The number of nitrogens with zero attached hydrogens (tertiary/aromatic N) is 2. The first kappa shape index (κ1) is 10.4. The second-order valence-corrected chi connectivity index (χ2v) is 4.30. The summed E-state index contributed by atoms with van der Waals surface area (Å²) in [7, 11) is 2.19. The van der Waals surface area contributed by atoms with Gasteiger partial charge in [-0.2, -0.15) is 0 Å². The lowest BCUT2D eigenvalue weighted by atomic mass is 10.2. The van der Waals surface area contributed by atoms with Gasteiger partial charge in [0.05, 0.1) is 12.7 Å². The average molecular weight is 199 g/mol. The lowest BCUT2D eigenvalue weighted by Crippen LogP contribution is -2.50. The smallest absolute Gasteiger partial charge is 0.0826 e. The highest BCUT2D eigenvalue weighted by Gasteiger charge is 2.20. The average Bonchev–Trinajstić information content (AvgIpc) is 2.23. The van der Waals surface area contributed by atoms with Crippen molar-refractivity contribution in [2.24, 2.45) is 0 Å². The SMILES string of the molecule is CN1CCN(CC2CNCCO2)CC1. The minimum absolute atomic E-state index is 0.409. The molecule has 4 nitrogen and oxygen atoms in total. The summed E-state index contributed by atoms with van der Waals surface area (Å²) in [5, 5.41) is 3.37. The van der Waals surface area contributed by atoms with Gasteiger partial charge in [0.1, 0.15) is 0 Å². The molecule has 0 saturated carbocycles. The zero-order valence-corrected chi connectivity index (χ0v) is 9.04. The molecule has 2 aliphatic heterocycles. The van der Waals surface area contributed by atoms with E-state index in [1.807, 2.05) is 0 Å². The molecule has 1 atom stereocenters. The number of rotatable bonds is 2. The van der Waals surface area contributed by atoms with Crippen molar-refractivity contribution in [3.05, 3.63) is 0 Å². The van der Waals surface area contributed by atoms with Crippen LogP contribution in [0, 0.1) is 0 Å². The van der Waals surface area contributed by atoms with Crippen molar-refractivity contribution in [1.82, 2.24) is 15.1 Å². The molecule has 1 unspecified atom stereocenters. The molecule has 0 aromatic heterocycles. The van der Waals surface area contributed by atoms with E-state index in [2.05, 4.69) is 22.2 Å². The van der Waals surface area contributed by atoms with Crippen molar-refractivity contribution in [3.8, 4) is 0 Å². The molecule has 0 aliphatic carbocycles. The zero-order chi connectivity index (χ0) is 9.80.